The SMILES string of the molecule is CS(=O)(=O)N1CCCc2cc(C(=O)N3CCCC(C(F)(F)F)C3)ccc21. The fraction of sp³-hybridized carbons (Fsp3) is 0.588. The van der Waals surface area contributed by atoms with Gasteiger partial charge in [-0.3, -0.25) is 9.10 Å². The molecule has 1 aromatic rings. The predicted molar refractivity (Wildman–Crippen MR) is 91.6 cm³/mol. The molecule has 0 aliphatic carbocycles. The zero-order valence-corrected chi connectivity index (χ0v) is 15.2. The smallest absolute Gasteiger partial charge is 0.338 e. The summed E-state index contributed by atoms with van der Waals surface area (Å²) in [6, 6.07) is 4.70. The van der Waals surface area contributed by atoms with Crippen molar-refractivity contribution in [3.05, 3.63) is 29.3 Å². The zero-order chi connectivity index (χ0) is 19.1. The first-order valence-electron chi connectivity index (χ1n) is 8.54. The molecular formula is C17H21F3N2O3S. The maximum Gasteiger partial charge on any atom is 0.393 e. The Morgan fingerprint density at radius 3 is 2.58 bits per heavy atom. The zero-order valence-electron chi connectivity index (χ0n) is 14.4. The van der Waals surface area contributed by atoms with Gasteiger partial charge in [-0.15, -0.1) is 0 Å². The number of nitrogens with zero attached hydrogens (tertiary/aromatic N) is 2. The quantitative estimate of drug-likeness (QED) is 0.780. The first-order chi connectivity index (χ1) is 12.1. The van der Waals surface area contributed by atoms with E-state index < -0.39 is 28.0 Å². The van der Waals surface area contributed by atoms with E-state index in [9.17, 15) is 26.4 Å². The summed E-state index contributed by atoms with van der Waals surface area (Å²) in [4.78, 5) is 13.9. The van der Waals surface area contributed by atoms with Gasteiger partial charge in [-0.25, -0.2) is 8.42 Å². The number of aryl methyl sites for hydroxylation is 1. The average Bonchev–Trinajstić information content (AvgIpc) is 2.58. The summed E-state index contributed by atoms with van der Waals surface area (Å²) in [5, 5.41) is 0. The molecule has 2 aliphatic rings. The number of anilines is 1. The molecule has 2 aliphatic heterocycles. The van der Waals surface area contributed by atoms with E-state index in [1.165, 1.54) is 15.3 Å². The van der Waals surface area contributed by atoms with E-state index in [0.29, 0.717) is 43.6 Å². The number of halogens is 3. The Morgan fingerprint density at radius 1 is 1.19 bits per heavy atom. The Bertz CT molecular complexity index is 808. The van der Waals surface area contributed by atoms with Crippen LogP contribution in [0.25, 0.3) is 0 Å². The molecule has 0 spiro atoms. The molecule has 144 valence electrons. The summed E-state index contributed by atoms with van der Waals surface area (Å²) in [6.45, 7) is 0.366. The third-order valence-corrected chi connectivity index (χ3v) is 6.15. The van der Waals surface area contributed by atoms with Gasteiger partial charge in [0.15, 0.2) is 0 Å². The van der Waals surface area contributed by atoms with E-state index in [-0.39, 0.29) is 13.0 Å². The second kappa shape index (κ2) is 6.75. The Morgan fingerprint density at radius 2 is 1.92 bits per heavy atom. The topological polar surface area (TPSA) is 57.7 Å². The number of alkyl halides is 3. The summed E-state index contributed by atoms with van der Waals surface area (Å²) >= 11 is 0. The largest absolute Gasteiger partial charge is 0.393 e. The van der Waals surface area contributed by atoms with Gasteiger partial charge >= 0.3 is 6.18 Å². The van der Waals surface area contributed by atoms with Crippen LogP contribution in [0.5, 0.6) is 0 Å². The highest BCUT2D eigenvalue weighted by Crippen LogP contribution is 2.34. The maximum absolute atomic E-state index is 13.0. The number of sulfonamides is 1. The first kappa shape index (κ1) is 19.0. The van der Waals surface area contributed by atoms with Crippen molar-refractivity contribution in [1.82, 2.24) is 4.90 Å². The van der Waals surface area contributed by atoms with E-state index >= 15 is 0 Å². The van der Waals surface area contributed by atoms with Crippen LogP contribution in [0, 0.1) is 5.92 Å². The molecule has 1 saturated heterocycles. The second-order valence-corrected chi connectivity index (χ2v) is 8.82. The highest BCUT2D eigenvalue weighted by molar-refractivity contribution is 7.92. The van der Waals surface area contributed by atoms with Gasteiger partial charge in [0.25, 0.3) is 5.91 Å². The minimum absolute atomic E-state index is 0.0424. The van der Waals surface area contributed by atoms with Crippen molar-refractivity contribution in [2.24, 2.45) is 5.92 Å². The molecule has 0 bridgehead atoms. The van der Waals surface area contributed by atoms with Crippen LogP contribution in [-0.2, 0) is 16.4 Å². The van der Waals surface area contributed by atoms with Crippen LogP contribution in [0.2, 0.25) is 0 Å². The normalized spacial score (nSPS) is 21.5. The molecule has 0 N–H and O–H groups in total. The van der Waals surface area contributed by atoms with Crippen molar-refractivity contribution < 1.29 is 26.4 Å². The van der Waals surface area contributed by atoms with Gasteiger partial charge in [-0.05, 0) is 49.4 Å². The van der Waals surface area contributed by atoms with Gasteiger partial charge in [0, 0.05) is 25.2 Å². The molecule has 0 radical (unpaired) electrons. The highest BCUT2D eigenvalue weighted by Gasteiger charge is 2.42. The molecule has 3 rings (SSSR count). The lowest BCUT2D eigenvalue weighted by atomic mass is 9.96. The number of hydrogen-bond acceptors (Lipinski definition) is 3. The van der Waals surface area contributed by atoms with Gasteiger partial charge in [-0.1, -0.05) is 0 Å². The molecule has 1 unspecified atom stereocenters. The summed E-state index contributed by atoms with van der Waals surface area (Å²) in [6.07, 6.45) is -1.54. The molecule has 2 heterocycles. The fourth-order valence-electron chi connectivity index (χ4n) is 3.65. The Balaban J connectivity index is 1.83. The van der Waals surface area contributed by atoms with Gasteiger partial charge < -0.3 is 4.90 Å². The van der Waals surface area contributed by atoms with E-state index in [4.69, 9.17) is 0 Å². The van der Waals surface area contributed by atoms with Crippen molar-refractivity contribution in [2.45, 2.75) is 31.9 Å². The summed E-state index contributed by atoms with van der Waals surface area (Å²) in [5.74, 6) is -1.92. The average molecular weight is 390 g/mol. The molecule has 1 atom stereocenters. The predicted octanol–water partition coefficient (Wildman–Crippen LogP) is 2.81. The van der Waals surface area contributed by atoms with Crippen molar-refractivity contribution in [3.8, 4) is 0 Å². The van der Waals surface area contributed by atoms with Gasteiger partial charge in [0.2, 0.25) is 10.0 Å². The van der Waals surface area contributed by atoms with Crippen LogP contribution < -0.4 is 4.31 Å². The van der Waals surface area contributed by atoms with Crippen LogP contribution in [0.3, 0.4) is 0 Å². The third-order valence-electron chi connectivity index (χ3n) is 4.97. The number of amides is 1. The molecule has 0 aromatic heterocycles. The number of fused-ring (bicyclic) bond motifs is 1. The molecule has 1 fully saturated rings. The standard InChI is InChI=1S/C17H21F3N2O3S/c1-26(24,25)22-9-2-4-12-10-13(6-7-15(12)22)16(23)21-8-3-5-14(11-21)17(18,19)20/h6-7,10,14H,2-5,8-9,11H2,1H3. The molecule has 0 saturated carbocycles. The van der Waals surface area contributed by atoms with E-state index in [0.717, 1.165) is 11.8 Å². The molecule has 26 heavy (non-hydrogen) atoms. The fourth-order valence-corrected chi connectivity index (χ4v) is 4.65. The Hall–Kier alpha value is -1.77. The minimum atomic E-state index is -4.30. The number of piperidine rings is 1. The van der Waals surface area contributed by atoms with E-state index in [1.54, 1.807) is 12.1 Å². The molecule has 5 nitrogen and oxygen atoms in total. The molecule has 9 heteroatoms. The van der Waals surface area contributed by atoms with Crippen molar-refractivity contribution >= 4 is 21.6 Å². The highest BCUT2D eigenvalue weighted by atomic mass is 32.2. The van der Waals surface area contributed by atoms with Gasteiger partial charge in [-0.2, -0.15) is 13.2 Å². The summed E-state index contributed by atoms with van der Waals surface area (Å²) in [7, 11) is -3.40. The van der Waals surface area contributed by atoms with E-state index in [1.807, 2.05) is 0 Å². The number of carbonyl (C=O) groups excluding carboxylic acids is 1. The van der Waals surface area contributed by atoms with Crippen LogP contribution in [-0.4, -0.2) is 51.3 Å². The number of carbonyl (C=O) groups is 1. The van der Waals surface area contributed by atoms with Crippen LogP contribution in [0.4, 0.5) is 18.9 Å². The van der Waals surface area contributed by atoms with Crippen molar-refractivity contribution in [2.75, 3.05) is 30.2 Å². The van der Waals surface area contributed by atoms with Gasteiger partial charge in [0.1, 0.15) is 0 Å². The summed E-state index contributed by atoms with van der Waals surface area (Å²) in [5.41, 5.74) is 1.58. The second-order valence-electron chi connectivity index (χ2n) is 6.91. The molecular weight excluding hydrogens is 369 g/mol. The maximum atomic E-state index is 13.0. The first-order valence-corrected chi connectivity index (χ1v) is 10.4. The molecule has 1 amide bonds. The van der Waals surface area contributed by atoms with Crippen LogP contribution in [0.15, 0.2) is 18.2 Å². The van der Waals surface area contributed by atoms with Crippen LogP contribution in [0.1, 0.15) is 35.2 Å². The number of rotatable bonds is 2. The Labute approximate surface area is 150 Å². The molecule has 1 aromatic carbocycles. The van der Waals surface area contributed by atoms with E-state index in [2.05, 4.69) is 0 Å². The number of benzene rings is 1. The van der Waals surface area contributed by atoms with Gasteiger partial charge in [0.05, 0.1) is 17.9 Å². The number of likely N-dealkylation sites (tertiary alicyclic amines) is 1. The lowest BCUT2D eigenvalue weighted by Crippen LogP contribution is -2.44. The summed E-state index contributed by atoms with van der Waals surface area (Å²) < 4.78 is 64.0. The minimum Gasteiger partial charge on any atom is -0.338 e. The third kappa shape index (κ3) is 3.82. The van der Waals surface area contributed by atoms with Crippen molar-refractivity contribution in [3.63, 3.8) is 0 Å². The Kier molecular flexibility index (Phi) is 4.94. The van der Waals surface area contributed by atoms with Crippen LogP contribution >= 0.6 is 0 Å². The lowest BCUT2D eigenvalue weighted by Gasteiger charge is -2.34. The monoisotopic (exact) mass is 390 g/mol. The number of hydrogen-bond donors (Lipinski definition) is 0. The van der Waals surface area contributed by atoms with Crippen molar-refractivity contribution in [1.29, 1.82) is 0 Å². The lowest BCUT2D eigenvalue weighted by molar-refractivity contribution is -0.184.